The number of likely N-dealkylation sites (tertiary alicyclic amines) is 1. The highest BCUT2D eigenvalue weighted by molar-refractivity contribution is 5.98. The van der Waals surface area contributed by atoms with Crippen LogP contribution in [-0.2, 0) is 6.54 Å². The van der Waals surface area contributed by atoms with Crippen molar-refractivity contribution in [2.75, 3.05) is 24.5 Å². The summed E-state index contributed by atoms with van der Waals surface area (Å²) in [6.07, 6.45) is 3.62. The van der Waals surface area contributed by atoms with Gasteiger partial charge in [-0.3, -0.25) is 14.3 Å². The van der Waals surface area contributed by atoms with Gasteiger partial charge in [0.15, 0.2) is 5.69 Å². The van der Waals surface area contributed by atoms with Crippen molar-refractivity contribution in [3.8, 4) is 11.8 Å². The lowest BCUT2D eigenvalue weighted by atomic mass is 10.1. The molecule has 1 N–H and O–H groups in total. The van der Waals surface area contributed by atoms with Gasteiger partial charge in [-0.15, -0.1) is 0 Å². The van der Waals surface area contributed by atoms with Gasteiger partial charge in [0.1, 0.15) is 12.9 Å². The molecule has 1 fully saturated rings. The predicted molar refractivity (Wildman–Crippen MR) is 93.9 cm³/mol. The Bertz CT molecular complexity index is 907. The molecule has 0 bridgehead atoms. The second-order valence-corrected chi connectivity index (χ2v) is 6.30. The number of benzene rings is 1. The number of carbonyl (C=O) groups excluding carboxylic acids is 2. The number of para-hydroxylation sites is 2. The monoisotopic (exact) mass is 350 g/mol. The van der Waals surface area contributed by atoms with Crippen molar-refractivity contribution >= 4 is 17.6 Å². The summed E-state index contributed by atoms with van der Waals surface area (Å²) in [6, 6.07) is 9.43. The van der Waals surface area contributed by atoms with Gasteiger partial charge in [-0.25, -0.2) is 9.78 Å². The normalized spacial score (nSPS) is 15.2. The molecular weight excluding hydrogens is 332 g/mol. The third kappa shape index (κ3) is 2.58. The zero-order valence-corrected chi connectivity index (χ0v) is 14.2. The molecule has 132 valence electrons. The molecule has 2 aliphatic heterocycles. The molecule has 2 aliphatic rings. The Morgan fingerprint density at radius 1 is 1.19 bits per heavy atom. The van der Waals surface area contributed by atoms with E-state index in [1.165, 1.54) is 0 Å². The number of hydrogen-bond donors (Lipinski definition) is 1. The SMILES string of the molecule is N#CCNC(=O)c1ncn2c1CN(C(=O)N1CCCC1)c1ccccc1-2. The van der Waals surface area contributed by atoms with Crippen LogP contribution in [0.1, 0.15) is 29.0 Å². The minimum Gasteiger partial charge on any atom is -0.338 e. The standard InChI is InChI=1S/C18H18N6O2/c19-7-8-20-17(25)16-15-11-23(18(26)22-9-3-4-10-22)13-5-1-2-6-14(13)24(15)12-21-16/h1-2,5-6,12H,3-4,8-11H2,(H,20,25). The van der Waals surface area contributed by atoms with Gasteiger partial charge >= 0.3 is 6.03 Å². The third-order valence-electron chi connectivity index (χ3n) is 4.76. The number of urea groups is 1. The predicted octanol–water partition coefficient (Wildman–Crippen LogP) is 1.66. The molecule has 8 nitrogen and oxygen atoms in total. The summed E-state index contributed by atoms with van der Waals surface area (Å²) in [5.41, 5.74) is 2.51. The van der Waals surface area contributed by atoms with Crippen molar-refractivity contribution in [1.82, 2.24) is 19.8 Å². The van der Waals surface area contributed by atoms with Crippen LogP contribution in [0, 0.1) is 11.3 Å². The first kappa shape index (κ1) is 16.1. The van der Waals surface area contributed by atoms with Crippen LogP contribution in [0.2, 0.25) is 0 Å². The number of hydrogen-bond acceptors (Lipinski definition) is 4. The van der Waals surface area contributed by atoms with Crippen LogP contribution >= 0.6 is 0 Å². The summed E-state index contributed by atoms with van der Waals surface area (Å²) < 4.78 is 1.84. The van der Waals surface area contributed by atoms with E-state index in [4.69, 9.17) is 5.26 Å². The summed E-state index contributed by atoms with van der Waals surface area (Å²) >= 11 is 0. The van der Waals surface area contributed by atoms with Crippen LogP contribution in [0.4, 0.5) is 10.5 Å². The molecule has 1 saturated heterocycles. The van der Waals surface area contributed by atoms with Crippen molar-refractivity contribution in [2.45, 2.75) is 19.4 Å². The largest absolute Gasteiger partial charge is 0.338 e. The molecule has 26 heavy (non-hydrogen) atoms. The molecule has 1 aromatic carbocycles. The van der Waals surface area contributed by atoms with E-state index in [0.29, 0.717) is 5.69 Å². The summed E-state index contributed by atoms with van der Waals surface area (Å²) in [6.45, 7) is 1.69. The molecule has 4 rings (SSSR count). The Balaban J connectivity index is 1.74. The van der Waals surface area contributed by atoms with Crippen LogP contribution in [0.3, 0.4) is 0 Å². The second-order valence-electron chi connectivity index (χ2n) is 6.30. The summed E-state index contributed by atoms with van der Waals surface area (Å²) in [5, 5.41) is 11.2. The average molecular weight is 350 g/mol. The molecule has 0 radical (unpaired) electrons. The molecular formula is C18H18N6O2. The number of anilines is 1. The summed E-state index contributed by atoms with van der Waals surface area (Å²) in [5.74, 6) is -0.409. The van der Waals surface area contributed by atoms with Gasteiger partial charge in [-0.1, -0.05) is 12.1 Å². The highest BCUT2D eigenvalue weighted by atomic mass is 16.2. The van der Waals surface area contributed by atoms with Crippen molar-refractivity contribution in [3.05, 3.63) is 42.0 Å². The number of nitrogens with zero attached hydrogens (tertiary/aromatic N) is 5. The maximum absolute atomic E-state index is 13.0. The van der Waals surface area contributed by atoms with Crippen LogP contribution in [0.25, 0.3) is 5.69 Å². The number of amides is 3. The van der Waals surface area contributed by atoms with Gasteiger partial charge in [0.05, 0.1) is 29.7 Å². The minimum atomic E-state index is -0.409. The maximum Gasteiger partial charge on any atom is 0.324 e. The van der Waals surface area contributed by atoms with Crippen molar-refractivity contribution in [3.63, 3.8) is 0 Å². The van der Waals surface area contributed by atoms with Gasteiger partial charge in [-0.05, 0) is 25.0 Å². The number of nitrogens with one attached hydrogen (secondary N) is 1. The van der Waals surface area contributed by atoms with E-state index >= 15 is 0 Å². The number of nitriles is 1. The van der Waals surface area contributed by atoms with Crippen molar-refractivity contribution in [2.24, 2.45) is 0 Å². The molecule has 0 saturated carbocycles. The third-order valence-corrected chi connectivity index (χ3v) is 4.76. The molecule has 0 unspecified atom stereocenters. The van der Waals surface area contributed by atoms with Gasteiger partial charge in [0.25, 0.3) is 5.91 Å². The lowest BCUT2D eigenvalue weighted by Crippen LogP contribution is -2.44. The van der Waals surface area contributed by atoms with E-state index in [9.17, 15) is 9.59 Å². The average Bonchev–Trinajstić information content (AvgIpc) is 3.34. The first-order valence-electron chi connectivity index (χ1n) is 8.58. The van der Waals surface area contributed by atoms with E-state index in [2.05, 4.69) is 10.3 Å². The Kier molecular flexibility index (Phi) is 4.05. The first-order valence-corrected chi connectivity index (χ1v) is 8.58. The number of aromatic nitrogens is 2. The molecule has 0 aliphatic carbocycles. The molecule has 2 aromatic rings. The van der Waals surface area contributed by atoms with Gasteiger partial charge < -0.3 is 10.2 Å². The Labute approximate surface area is 150 Å². The topological polar surface area (TPSA) is 94.3 Å². The number of imidazole rings is 1. The zero-order chi connectivity index (χ0) is 18.1. The number of rotatable bonds is 2. The summed E-state index contributed by atoms with van der Waals surface area (Å²) in [7, 11) is 0. The molecule has 0 atom stereocenters. The smallest absolute Gasteiger partial charge is 0.324 e. The molecule has 0 spiro atoms. The van der Waals surface area contributed by atoms with Crippen LogP contribution < -0.4 is 10.2 Å². The quantitative estimate of drug-likeness (QED) is 0.834. The van der Waals surface area contributed by atoms with E-state index in [-0.39, 0.29) is 24.8 Å². The summed E-state index contributed by atoms with van der Waals surface area (Å²) in [4.78, 5) is 33.1. The van der Waals surface area contributed by atoms with E-state index in [1.54, 1.807) is 11.2 Å². The highest BCUT2D eigenvalue weighted by Gasteiger charge is 2.33. The van der Waals surface area contributed by atoms with Crippen LogP contribution in [-0.4, -0.2) is 46.0 Å². The molecule has 3 amide bonds. The first-order chi connectivity index (χ1) is 12.7. The van der Waals surface area contributed by atoms with Gasteiger partial charge in [0, 0.05) is 13.1 Å². The van der Waals surface area contributed by atoms with Gasteiger partial charge in [0.2, 0.25) is 0 Å². The number of carbonyl (C=O) groups is 2. The highest BCUT2D eigenvalue weighted by Crippen LogP contribution is 2.34. The Morgan fingerprint density at radius 2 is 1.92 bits per heavy atom. The van der Waals surface area contributed by atoms with Crippen LogP contribution in [0.15, 0.2) is 30.6 Å². The minimum absolute atomic E-state index is 0.0502. The second kappa shape index (κ2) is 6.52. The van der Waals surface area contributed by atoms with E-state index < -0.39 is 5.91 Å². The van der Waals surface area contributed by atoms with E-state index in [1.807, 2.05) is 39.8 Å². The molecule has 3 heterocycles. The molecule has 1 aromatic heterocycles. The maximum atomic E-state index is 13.0. The fourth-order valence-corrected chi connectivity index (χ4v) is 3.51. The lowest BCUT2D eigenvalue weighted by Gasteiger charge is -2.33. The van der Waals surface area contributed by atoms with Crippen molar-refractivity contribution in [1.29, 1.82) is 5.26 Å². The molecule has 8 heteroatoms. The fourth-order valence-electron chi connectivity index (χ4n) is 3.51. The van der Waals surface area contributed by atoms with E-state index in [0.717, 1.165) is 37.3 Å². The van der Waals surface area contributed by atoms with Crippen LogP contribution in [0.5, 0.6) is 0 Å². The Hall–Kier alpha value is -3.34. The van der Waals surface area contributed by atoms with Crippen molar-refractivity contribution < 1.29 is 9.59 Å². The van der Waals surface area contributed by atoms with Gasteiger partial charge in [-0.2, -0.15) is 5.26 Å². The lowest BCUT2D eigenvalue weighted by molar-refractivity contribution is 0.0952. The fraction of sp³-hybridized carbons (Fsp3) is 0.333. The number of fused-ring (bicyclic) bond motifs is 3. The Morgan fingerprint density at radius 3 is 2.65 bits per heavy atom. The zero-order valence-electron chi connectivity index (χ0n) is 14.2.